The number of amides is 1. The van der Waals surface area contributed by atoms with Gasteiger partial charge in [-0.25, -0.2) is 15.8 Å². The molecular formula is C12H13N5O. The third-order valence-electron chi connectivity index (χ3n) is 2.33. The molecule has 0 unspecified atom stereocenters. The van der Waals surface area contributed by atoms with Crippen LogP contribution in [-0.2, 0) is 0 Å². The Hall–Kier alpha value is -2.47. The van der Waals surface area contributed by atoms with E-state index in [9.17, 15) is 4.79 Å². The minimum Gasteiger partial charge on any atom is -0.308 e. The zero-order chi connectivity index (χ0) is 13.0. The Morgan fingerprint density at radius 2 is 1.83 bits per heavy atom. The summed E-state index contributed by atoms with van der Waals surface area (Å²) in [5.41, 5.74) is 3.87. The summed E-state index contributed by atoms with van der Waals surface area (Å²) < 4.78 is 0. The van der Waals surface area contributed by atoms with Gasteiger partial charge in [0, 0.05) is 12.4 Å². The standard InChI is InChI=1S/C12H13N5O/c1-8-2-4-10(14-6-8)16-12(18)9-3-5-11(17-13)15-7-9/h2-7H,13H2,1H3,(H,15,17)(H,14,16,18). The largest absolute Gasteiger partial charge is 0.308 e. The lowest BCUT2D eigenvalue weighted by Crippen LogP contribution is -2.14. The number of hydrogen-bond acceptors (Lipinski definition) is 5. The summed E-state index contributed by atoms with van der Waals surface area (Å²) in [5, 5.41) is 2.68. The number of nitrogen functional groups attached to an aromatic ring is 1. The van der Waals surface area contributed by atoms with Gasteiger partial charge in [-0.2, -0.15) is 0 Å². The lowest BCUT2D eigenvalue weighted by molar-refractivity contribution is 0.102. The van der Waals surface area contributed by atoms with Crippen LogP contribution in [0.5, 0.6) is 0 Å². The predicted octanol–water partition coefficient (Wildman–Crippen LogP) is 1.32. The highest BCUT2D eigenvalue weighted by Crippen LogP contribution is 2.08. The van der Waals surface area contributed by atoms with Crippen molar-refractivity contribution in [1.29, 1.82) is 0 Å². The van der Waals surface area contributed by atoms with E-state index < -0.39 is 0 Å². The number of nitrogens with zero attached hydrogens (tertiary/aromatic N) is 2. The predicted molar refractivity (Wildman–Crippen MR) is 69.0 cm³/mol. The zero-order valence-electron chi connectivity index (χ0n) is 9.84. The average molecular weight is 243 g/mol. The molecule has 0 aliphatic carbocycles. The fourth-order valence-electron chi connectivity index (χ4n) is 1.34. The molecule has 92 valence electrons. The first-order valence-electron chi connectivity index (χ1n) is 5.36. The van der Waals surface area contributed by atoms with Crippen LogP contribution < -0.4 is 16.6 Å². The quantitative estimate of drug-likeness (QED) is 0.558. The highest BCUT2D eigenvalue weighted by atomic mass is 16.1. The number of nitrogens with one attached hydrogen (secondary N) is 2. The Morgan fingerprint density at radius 3 is 2.39 bits per heavy atom. The Kier molecular flexibility index (Phi) is 3.49. The van der Waals surface area contributed by atoms with Crippen LogP contribution in [0.3, 0.4) is 0 Å². The fourth-order valence-corrected chi connectivity index (χ4v) is 1.34. The molecule has 2 rings (SSSR count). The topological polar surface area (TPSA) is 92.9 Å². The normalized spacial score (nSPS) is 9.89. The van der Waals surface area contributed by atoms with Crippen molar-refractivity contribution < 1.29 is 4.79 Å². The molecule has 0 saturated heterocycles. The Balaban J connectivity index is 2.09. The number of pyridine rings is 2. The lowest BCUT2D eigenvalue weighted by atomic mass is 10.2. The van der Waals surface area contributed by atoms with E-state index in [1.54, 1.807) is 24.4 Å². The molecule has 0 atom stereocenters. The fraction of sp³-hybridized carbons (Fsp3) is 0.0833. The molecule has 0 spiro atoms. The van der Waals surface area contributed by atoms with Crippen LogP contribution in [0, 0.1) is 6.92 Å². The van der Waals surface area contributed by atoms with Crippen molar-refractivity contribution in [2.75, 3.05) is 10.7 Å². The summed E-state index contributed by atoms with van der Waals surface area (Å²) in [5.74, 6) is 5.94. The third kappa shape index (κ3) is 2.80. The minimum absolute atomic E-state index is 0.262. The summed E-state index contributed by atoms with van der Waals surface area (Å²) in [6, 6.07) is 6.88. The smallest absolute Gasteiger partial charge is 0.258 e. The van der Waals surface area contributed by atoms with Gasteiger partial charge in [0.2, 0.25) is 0 Å². The van der Waals surface area contributed by atoms with Gasteiger partial charge in [0.05, 0.1) is 5.56 Å². The number of rotatable bonds is 3. The van der Waals surface area contributed by atoms with Gasteiger partial charge in [-0.15, -0.1) is 0 Å². The highest BCUT2D eigenvalue weighted by Gasteiger charge is 2.06. The van der Waals surface area contributed by atoms with Crippen LogP contribution in [0.4, 0.5) is 11.6 Å². The summed E-state index contributed by atoms with van der Waals surface area (Å²) in [4.78, 5) is 19.9. The van der Waals surface area contributed by atoms with Crippen molar-refractivity contribution in [2.45, 2.75) is 6.92 Å². The number of carbonyl (C=O) groups excluding carboxylic acids is 1. The van der Waals surface area contributed by atoms with Crippen LogP contribution in [-0.4, -0.2) is 15.9 Å². The average Bonchev–Trinajstić information content (AvgIpc) is 2.41. The molecule has 0 bridgehead atoms. The Bertz CT molecular complexity index is 535. The highest BCUT2D eigenvalue weighted by molar-refractivity contribution is 6.03. The number of anilines is 2. The third-order valence-corrected chi connectivity index (χ3v) is 2.33. The maximum absolute atomic E-state index is 11.9. The number of hydrazine groups is 1. The van der Waals surface area contributed by atoms with Crippen LogP contribution in [0.15, 0.2) is 36.7 Å². The zero-order valence-corrected chi connectivity index (χ0v) is 9.84. The Morgan fingerprint density at radius 1 is 1.11 bits per heavy atom. The molecule has 0 saturated carbocycles. The van der Waals surface area contributed by atoms with Crippen molar-refractivity contribution >= 4 is 17.5 Å². The molecule has 2 aromatic heterocycles. The van der Waals surface area contributed by atoms with Crippen molar-refractivity contribution in [3.8, 4) is 0 Å². The summed E-state index contributed by atoms with van der Waals surface area (Å²) >= 11 is 0. The second-order valence-corrected chi connectivity index (χ2v) is 3.75. The van der Waals surface area contributed by atoms with Crippen molar-refractivity contribution in [3.63, 3.8) is 0 Å². The van der Waals surface area contributed by atoms with Gasteiger partial charge < -0.3 is 10.7 Å². The van der Waals surface area contributed by atoms with Gasteiger partial charge in [-0.1, -0.05) is 6.07 Å². The first-order chi connectivity index (χ1) is 8.69. The molecule has 18 heavy (non-hydrogen) atoms. The van der Waals surface area contributed by atoms with E-state index in [4.69, 9.17) is 5.84 Å². The van der Waals surface area contributed by atoms with E-state index in [0.717, 1.165) is 5.56 Å². The molecule has 1 amide bonds. The molecule has 0 aliphatic rings. The Labute approximate surface area is 104 Å². The van der Waals surface area contributed by atoms with Gasteiger partial charge in [0.15, 0.2) is 0 Å². The molecule has 0 aliphatic heterocycles. The van der Waals surface area contributed by atoms with Crippen molar-refractivity contribution in [1.82, 2.24) is 9.97 Å². The number of nitrogens with two attached hydrogens (primary N) is 1. The summed E-state index contributed by atoms with van der Waals surface area (Å²) in [6.45, 7) is 1.93. The first-order valence-corrected chi connectivity index (χ1v) is 5.36. The number of aryl methyl sites for hydroxylation is 1. The summed E-state index contributed by atoms with van der Waals surface area (Å²) in [6.07, 6.45) is 3.13. The first kappa shape index (κ1) is 12.0. The van der Waals surface area contributed by atoms with Crippen molar-refractivity contribution in [2.24, 2.45) is 5.84 Å². The van der Waals surface area contributed by atoms with Crippen LogP contribution in [0.1, 0.15) is 15.9 Å². The SMILES string of the molecule is Cc1ccc(NC(=O)c2ccc(NN)nc2)nc1. The molecule has 0 radical (unpaired) electrons. The van der Waals surface area contributed by atoms with Gasteiger partial charge in [-0.05, 0) is 30.7 Å². The van der Waals surface area contributed by atoms with Crippen LogP contribution in [0.25, 0.3) is 0 Å². The van der Waals surface area contributed by atoms with E-state index in [1.165, 1.54) is 6.20 Å². The molecule has 2 heterocycles. The molecule has 0 aromatic carbocycles. The summed E-state index contributed by atoms with van der Waals surface area (Å²) in [7, 11) is 0. The molecule has 6 heteroatoms. The molecule has 2 aromatic rings. The van der Waals surface area contributed by atoms with E-state index in [1.807, 2.05) is 13.0 Å². The monoisotopic (exact) mass is 243 g/mol. The second-order valence-electron chi connectivity index (χ2n) is 3.75. The van der Waals surface area contributed by atoms with E-state index in [-0.39, 0.29) is 5.91 Å². The number of carbonyl (C=O) groups is 1. The van der Waals surface area contributed by atoms with E-state index in [0.29, 0.717) is 17.2 Å². The van der Waals surface area contributed by atoms with Gasteiger partial charge in [-0.3, -0.25) is 4.79 Å². The second kappa shape index (κ2) is 5.24. The lowest BCUT2D eigenvalue weighted by Gasteiger charge is -2.05. The van der Waals surface area contributed by atoms with E-state index in [2.05, 4.69) is 20.7 Å². The maximum Gasteiger partial charge on any atom is 0.258 e. The molecule has 4 N–H and O–H groups in total. The number of hydrogen-bond donors (Lipinski definition) is 3. The molecular weight excluding hydrogens is 230 g/mol. The molecule has 0 fully saturated rings. The number of aromatic nitrogens is 2. The van der Waals surface area contributed by atoms with E-state index >= 15 is 0 Å². The minimum atomic E-state index is -0.262. The maximum atomic E-state index is 11.9. The van der Waals surface area contributed by atoms with Crippen LogP contribution in [0.2, 0.25) is 0 Å². The van der Waals surface area contributed by atoms with Crippen molar-refractivity contribution in [3.05, 3.63) is 47.8 Å². The molecule has 6 nitrogen and oxygen atoms in total. The van der Waals surface area contributed by atoms with Gasteiger partial charge in [0.1, 0.15) is 11.6 Å². The van der Waals surface area contributed by atoms with Gasteiger partial charge in [0.25, 0.3) is 5.91 Å². The van der Waals surface area contributed by atoms with Crippen LogP contribution >= 0.6 is 0 Å². The van der Waals surface area contributed by atoms with Gasteiger partial charge >= 0.3 is 0 Å².